The predicted molar refractivity (Wildman–Crippen MR) is 97.1 cm³/mol. The Morgan fingerprint density at radius 2 is 1.92 bits per heavy atom. The monoisotopic (exact) mass is 351 g/mol. The van der Waals surface area contributed by atoms with Crippen molar-refractivity contribution in [3.63, 3.8) is 0 Å². The van der Waals surface area contributed by atoms with Gasteiger partial charge in [0.1, 0.15) is 11.6 Å². The number of hydrogen-bond acceptors (Lipinski definition) is 3. The van der Waals surface area contributed by atoms with Gasteiger partial charge in [0.25, 0.3) is 0 Å². The van der Waals surface area contributed by atoms with E-state index in [1.54, 1.807) is 6.07 Å². The van der Waals surface area contributed by atoms with E-state index in [0.717, 1.165) is 30.5 Å². The van der Waals surface area contributed by atoms with Crippen LogP contribution in [0.3, 0.4) is 0 Å². The highest BCUT2D eigenvalue weighted by Gasteiger charge is 2.25. The molecule has 132 valence electrons. The fourth-order valence-corrected chi connectivity index (χ4v) is 2.97. The number of H-pyrrole nitrogens is 1. The van der Waals surface area contributed by atoms with Gasteiger partial charge in [-0.2, -0.15) is 5.10 Å². The zero-order valence-electron chi connectivity index (χ0n) is 14.0. The summed E-state index contributed by atoms with van der Waals surface area (Å²) in [6.45, 7) is 0. The Bertz CT molecular complexity index is 946. The number of aromatic hydroxyl groups is 1. The van der Waals surface area contributed by atoms with Crippen molar-refractivity contribution in [2.24, 2.45) is 5.92 Å². The lowest BCUT2D eigenvalue weighted by Crippen LogP contribution is -2.27. The molecule has 0 spiro atoms. The average molecular weight is 351 g/mol. The minimum atomic E-state index is -0.430. The first-order chi connectivity index (χ1) is 12.6. The van der Waals surface area contributed by atoms with Crippen LogP contribution in [-0.4, -0.2) is 21.2 Å². The zero-order chi connectivity index (χ0) is 18.1. The van der Waals surface area contributed by atoms with Crippen LogP contribution < -0.4 is 5.32 Å². The quantitative estimate of drug-likeness (QED) is 0.655. The number of aromatic amines is 1. The third-order valence-corrected chi connectivity index (χ3v) is 4.75. The van der Waals surface area contributed by atoms with Gasteiger partial charge in [0.2, 0.25) is 5.91 Å². The Morgan fingerprint density at radius 1 is 1.15 bits per heavy atom. The van der Waals surface area contributed by atoms with Gasteiger partial charge >= 0.3 is 0 Å². The van der Waals surface area contributed by atoms with Crippen molar-refractivity contribution in [1.82, 2.24) is 10.2 Å². The maximum Gasteiger partial charge on any atom is 0.227 e. The molecule has 2 aromatic carbocycles. The van der Waals surface area contributed by atoms with Gasteiger partial charge in [-0.05, 0) is 49.2 Å². The minimum Gasteiger partial charge on any atom is -0.507 e. The molecule has 0 atom stereocenters. The summed E-state index contributed by atoms with van der Waals surface area (Å²) in [5.41, 5.74) is 3.15. The second-order valence-corrected chi connectivity index (χ2v) is 6.52. The first-order valence-electron chi connectivity index (χ1n) is 8.56. The van der Waals surface area contributed by atoms with Crippen LogP contribution in [0.2, 0.25) is 0 Å². The fourth-order valence-electron chi connectivity index (χ4n) is 2.97. The number of phenolic OH excluding ortho intramolecular Hbond substituents is 1. The van der Waals surface area contributed by atoms with Gasteiger partial charge < -0.3 is 10.4 Å². The number of rotatable bonds is 4. The van der Waals surface area contributed by atoms with E-state index in [4.69, 9.17) is 0 Å². The van der Waals surface area contributed by atoms with Crippen LogP contribution in [0.1, 0.15) is 19.3 Å². The predicted octanol–water partition coefficient (Wildman–Crippen LogP) is 4.33. The van der Waals surface area contributed by atoms with Gasteiger partial charge in [-0.15, -0.1) is 0 Å². The normalized spacial score (nSPS) is 14.0. The lowest BCUT2D eigenvalue weighted by molar-refractivity contribution is -0.122. The van der Waals surface area contributed by atoms with E-state index >= 15 is 0 Å². The van der Waals surface area contributed by atoms with E-state index in [1.165, 1.54) is 18.2 Å². The van der Waals surface area contributed by atoms with Gasteiger partial charge in [-0.25, -0.2) is 4.39 Å². The molecule has 1 saturated carbocycles. The summed E-state index contributed by atoms with van der Waals surface area (Å²) in [5.74, 6) is -0.230. The van der Waals surface area contributed by atoms with Crippen molar-refractivity contribution in [2.75, 3.05) is 5.32 Å². The largest absolute Gasteiger partial charge is 0.507 e. The molecule has 3 aromatic rings. The van der Waals surface area contributed by atoms with Gasteiger partial charge in [0.05, 0.1) is 11.4 Å². The summed E-state index contributed by atoms with van der Waals surface area (Å²) in [7, 11) is 0. The molecule has 1 fully saturated rings. The van der Waals surface area contributed by atoms with Gasteiger partial charge in [0.15, 0.2) is 0 Å². The van der Waals surface area contributed by atoms with Crippen molar-refractivity contribution in [2.45, 2.75) is 19.3 Å². The molecule has 1 heterocycles. The third kappa shape index (κ3) is 3.18. The molecule has 26 heavy (non-hydrogen) atoms. The summed E-state index contributed by atoms with van der Waals surface area (Å²) in [5, 5.41) is 19.9. The lowest BCUT2D eigenvalue weighted by Gasteiger charge is -2.24. The molecular formula is C20H18FN3O2. The Balaban J connectivity index is 1.52. The van der Waals surface area contributed by atoms with E-state index in [9.17, 15) is 14.3 Å². The number of aromatic nitrogens is 2. The molecule has 1 amide bonds. The number of halogens is 1. The van der Waals surface area contributed by atoms with Gasteiger partial charge in [0, 0.05) is 22.7 Å². The Kier molecular flexibility index (Phi) is 4.16. The number of hydrogen-bond donors (Lipinski definition) is 3. The highest BCUT2D eigenvalue weighted by Crippen LogP contribution is 2.31. The van der Waals surface area contributed by atoms with Crippen molar-refractivity contribution < 1.29 is 14.3 Å². The molecule has 5 nitrogen and oxygen atoms in total. The molecular weight excluding hydrogens is 333 g/mol. The number of carbonyl (C=O) groups is 1. The SMILES string of the molecule is O=C(Nc1ccc(-c2cc(-c3cc(F)ccc3O)[nH]n2)cc1)C1CCC1. The van der Waals surface area contributed by atoms with E-state index in [1.807, 2.05) is 24.3 Å². The molecule has 4 rings (SSSR count). The summed E-state index contributed by atoms with van der Waals surface area (Å²) >= 11 is 0. The molecule has 1 aliphatic carbocycles. The van der Waals surface area contributed by atoms with Crippen LogP contribution in [0.4, 0.5) is 10.1 Å². The van der Waals surface area contributed by atoms with Crippen LogP contribution >= 0.6 is 0 Å². The topological polar surface area (TPSA) is 78.0 Å². The standard InChI is InChI=1S/C20H18FN3O2/c21-14-6-9-19(25)16(10-14)18-11-17(23-24-18)12-4-7-15(8-5-12)22-20(26)13-2-1-3-13/h4-11,13,25H,1-3H2,(H,22,26)(H,23,24). The second-order valence-electron chi connectivity index (χ2n) is 6.52. The lowest BCUT2D eigenvalue weighted by atomic mass is 9.85. The number of amides is 1. The summed E-state index contributed by atoms with van der Waals surface area (Å²) in [6.07, 6.45) is 3.05. The molecule has 0 unspecified atom stereocenters. The summed E-state index contributed by atoms with van der Waals surface area (Å²) < 4.78 is 13.4. The second kappa shape index (κ2) is 6.63. The Hall–Kier alpha value is -3.15. The smallest absolute Gasteiger partial charge is 0.227 e. The van der Waals surface area contributed by atoms with Crippen LogP contribution in [0, 0.1) is 11.7 Å². The number of benzene rings is 2. The number of anilines is 1. The van der Waals surface area contributed by atoms with Crippen molar-refractivity contribution in [3.8, 4) is 28.3 Å². The van der Waals surface area contributed by atoms with Crippen LogP contribution in [0.25, 0.3) is 22.5 Å². The maximum absolute atomic E-state index is 13.4. The molecule has 3 N–H and O–H groups in total. The third-order valence-electron chi connectivity index (χ3n) is 4.75. The fraction of sp³-hybridized carbons (Fsp3) is 0.200. The number of nitrogens with one attached hydrogen (secondary N) is 2. The van der Waals surface area contributed by atoms with Gasteiger partial charge in [-0.1, -0.05) is 18.6 Å². The van der Waals surface area contributed by atoms with Crippen molar-refractivity contribution in [3.05, 3.63) is 54.3 Å². The molecule has 0 bridgehead atoms. The number of carbonyl (C=O) groups excluding carboxylic acids is 1. The zero-order valence-corrected chi connectivity index (χ0v) is 14.0. The Morgan fingerprint density at radius 3 is 2.62 bits per heavy atom. The first-order valence-corrected chi connectivity index (χ1v) is 8.56. The molecule has 1 aliphatic rings. The molecule has 0 aliphatic heterocycles. The van der Waals surface area contributed by atoms with Gasteiger partial charge in [-0.3, -0.25) is 9.89 Å². The summed E-state index contributed by atoms with van der Waals surface area (Å²) in [4.78, 5) is 12.0. The molecule has 0 radical (unpaired) electrons. The molecule has 6 heteroatoms. The van der Waals surface area contributed by atoms with E-state index in [0.29, 0.717) is 17.0 Å². The van der Waals surface area contributed by atoms with E-state index in [2.05, 4.69) is 15.5 Å². The van der Waals surface area contributed by atoms with Crippen LogP contribution in [-0.2, 0) is 4.79 Å². The van der Waals surface area contributed by atoms with Crippen LogP contribution in [0.15, 0.2) is 48.5 Å². The van der Waals surface area contributed by atoms with E-state index in [-0.39, 0.29) is 17.6 Å². The van der Waals surface area contributed by atoms with Crippen molar-refractivity contribution in [1.29, 1.82) is 0 Å². The Labute approximate surface area is 149 Å². The number of phenols is 1. The van der Waals surface area contributed by atoms with Crippen molar-refractivity contribution >= 4 is 11.6 Å². The van der Waals surface area contributed by atoms with E-state index < -0.39 is 5.82 Å². The maximum atomic E-state index is 13.4. The molecule has 1 aromatic heterocycles. The number of nitrogens with zero attached hydrogens (tertiary/aromatic N) is 1. The van der Waals surface area contributed by atoms with Crippen LogP contribution in [0.5, 0.6) is 5.75 Å². The highest BCUT2D eigenvalue weighted by atomic mass is 19.1. The summed E-state index contributed by atoms with van der Waals surface area (Å²) in [6, 6.07) is 12.9. The minimum absolute atomic E-state index is 0.0179. The average Bonchev–Trinajstić information content (AvgIpc) is 3.06. The molecule has 0 saturated heterocycles. The first kappa shape index (κ1) is 16.3. The highest BCUT2D eigenvalue weighted by molar-refractivity contribution is 5.93.